The molecular formula is C51H34N4. The van der Waals surface area contributed by atoms with Crippen LogP contribution >= 0.6 is 0 Å². The molecule has 0 N–H and O–H groups in total. The molecule has 0 spiro atoms. The van der Waals surface area contributed by atoms with Crippen LogP contribution in [0.2, 0.25) is 0 Å². The monoisotopic (exact) mass is 702 g/mol. The number of nitrogens with zero attached hydrogens (tertiary/aromatic N) is 4. The van der Waals surface area contributed by atoms with Crippen LogP contribution in [0.4, 0.5) is 17.1 Å². The van der Waals surface area contributed by atoms with Crippen LogP contribution in [0.15, 0.2) is 206 Å². The second-order valence-corrected chi connectivity index (χ2v) is 13.6. The lowest BCUT2D eigenvalue weighted by molar-refractivity contribution is 1.18. The van der Waals surface area contributed by atoms with Gasteiger partial charge in [-0.05, 0) is 53.2 Å². The third-order valence-corrected chi connectivity index (χ3v) is 10.2. The van der Waals surface area contributed by atoms with E-state index < -0.39 is 0 Å². The van der Waals surface area contributed by atoms with Crippen LogP contribution < -0.4 is 4.90 Å². The van der Waals surface area contributed by atoms with Gasteiger partial charge < -0.3 is 4.90 Å². The van der Waals surface area contributed by atoms with Crippen LogP contribution in [0.5, 0.6) is 0 Å². The zero-order chi connectivity index (χ0) is 36.6. The molecule has 2 aromatic heterocycles. The third-order valence-electron chi connectivity index (χ3n) is 10.2. The molecule has 258 valence electrons. The van der Waals surface area contributed by atoms with Crippen molar-refractivity contribution in [2.24, 2.45) is 0 Å². The van der Waals surface area contributed by atoms with Crippen molar-refractivity contribution in [3.05, 3.63) is 206 Å². The van der Waals surface area contributed by atoms with Crippen molar-refractivity contribution in [3.8, 4) is 45.2 Å². The van der Waals surface area contributed by atoms with Crippen LogP contribution in [0.3, 0.4) is 0 Å². The van der Waals surface area contributed by atoms with Crippen LogP contribution in [0, 0.1) is 0 Å². The molecule has 8 aromatic carbocycles. The van der Waals surface area contributed by atoms with Crippen molar-refractivity contribution in [1.29, 1.82) is 0 Å². The number of pyridine rings is 1. The highest BCUT2D eigenvalue weighted by atomic mass is 15.1. The highest BCUT2D eigenvalue weighted by Gasteiger charge is 2.24. The number of hydrogen-bond donors (Lipinski definition) is 0. The quantitative estimate of drug-likeness (QED) is 0.155. The Morgan fingerprint density at radius 2 is 0.891 bits per heavy atom. The van der Waals surface area contributed by atoms with Gasteiger partial charge in [0.1, 0.15) is 0 Å². The van der Waals surface area contributed by atoms with Gasteiger partial charge in [0, 0.05) is 49.8 Å². The lowest BCUT2D eigenvalue weighted by Crippen LogP contribution is -2.11. The summed E-state index contributed by atoms with van der Waals surface area (Å²) < 4.78 is 0. The third kappa shape index (κ3) is 5.87. The maximum Gasteiger partial charge on any atom is 0.160 e. The summed E-state index contributed by atoms with van der Waals surface area (Å²) in [5.74, 6) is 0.675. The largest absolute Gasteiger partial charge is 0.310 e. The molecule has 0 saturated carbocycles. The zero-order valence-corrected chi connectivity index (χ0v) is 29.9. The molecule has 0 radical (unpaired) electrons. The fraction of sp³-hybridized carbons (Fsp3) is 0. The maximum atomic E-state index is 5.59. The molecule has 4 nitrogen and oxygen atoms in total. The molecule has 0 aliphatic rings. The number of fused-ring (bicyclic) bond motifs is 5. The summed E-state index contributed by atoms with van der Waals surface area (Å²) in [4.78, 5) is 18.3. The minimum Gasteiger partial charge on any atom is -0.310 e. The lowest BCUT2D eigenvalue weighted by atomic mass is 9.91. The fourth-order valence-corrected chi connectivity index (χ4v) is 7.74. The summed E-state index contributed by atoms with van der Waals surface area (Å²) in [6, 6.07) is 72.0. The molecule has 4 heteroatoms. The minimum atomic E-state index is 0.675. The first-order valence-electron chi connectivity index (χ1n) is 18.5. The molecule has 0 fully saturated rings. The van der Waals surface area contributed by atoms with Crippen molar-refractivity contribution < 1.29 is 0 Å². The normalized spacial score (nSPS) is 11.3. The molecule has 0 saturated heterocycles. The standard InChI is InChI=1S/C51H34N4/c1-5-19-35(20-6-1)45-34-46(54-51(53-45)36-21-7-2-8-22-36)41-29-15-16-30-42(41)50-49-47(55(38-24-9-3-10-25-38)39-26-11-4-12-27-39)33-37-23-13-14-28-40(37)48(49)43-31-17-18-32-44(43)52-50/h1-34H. The second-order valence-electron chi connectivity index (χ2n) is 13.6. The van der Waals surface area contributed by atoms with Gasteiger partial charge in [-0.15, -0.1) is 0 Å². The summed E-state index contributed by atoms with van der Waals surface area (Å²) in [5.41, 5.74) is 10.7. The summed E-state index contributed by atoms with van der Waals surface area (Å²) in [6.07, 6.45) is 0. The second kappa shape index (κ2) is 13.8. The van der Waals surface area contributed by atoms with Crippen molar-refractivity contribution in [2.45, 2.75) is 0 Å². The van der Waals surface area contributed by atoms with E-state index in [4.69, 9.17) is 15.0 Å². The lowest BCUT2D eigenvalue weighted by Gasteiger charge is -2.29. The Morgan fingerprint density at radius 3 is 1.58 bits per heavy atom. The number of rotatable bonds is 7. The van der Waals surface area contributed by atoms with Gasteiger partial charge in [0.05, 0.1) is 28.3 Å². The highest BCUT2D eigenvalue weighted by molar-refractivity contribution is 6.27. The summed E-state index contributed by atoms with van der Waals surface area (Å²) in [7, 11) is 0. The maximum absolute atomic E-state index is 5.59. The van der Waals surface area contributed by atoms with Gasteiger partial charge in [0.2, 0.25) is 0 Å². The Kier molecular flexibility index (Phi) is 8.12. The molecular weight excluding hydrogens is 669 g/mol. The average Bonchev–Trinajstić information content (AvgIpc) is 3.27. The minimum absolute atomic E-state index is 0.675. The number of anilines is 3. The topological polar surface area (TPSA) is 41.9 Å². The molecule has 55 heavy (non-hydrogen) atoms. The van der Waals surface area contributed by atoms with Gasteiger partial charge in [0.15, 0.2) is 5.82 Å². The van der Waals surface area contributed by atoms with E-state index in [1.54, 1.807) is 0 Å². The van der Waals surface area contributed by atoms with E-state index in [9.17, 15) is 0 Å². The van der Waals surface area contributed by atoms with E-state index in [0.29, 0.717) is 5.82 Å². The van der Waals surface area contributed by atoms with Gasteiger partial charge in [-0.2, -0.15) is 0 Å². The van der Waals surface area contributed by atoms with E-state index in [0.717, 1.165) is 83.5 Å². The number of benzene rings is 8. The van der Waals surface area contributed by atoms with Crippen LogP contribution in [-0.4, -0.2) is 15.0 Å². The molecule has 0 aliphatic carbocycles. The highest BCUT2D eigenvalue weighted by Crippen LogP contribution is 2.48. The van der Waals surface area contributed by atoms with Crippen LogP contribution in [0.1, 0.15) is 0 Å². The predicted molar refractivity (Wildman–Crippen MR) is 229 cm³/mol. The van der Waals surface area contributed by atoms with E-state index in [-0.39, 0.29) is 0 Å². The molecule has 2 heterocycles. The number of aromatic nitrogens is 3. The van der Waals surface area contributed by atoms with Gasteiger partial charge in [-0.3, -0.25) is 0 Å². The SMILES string of the molecule is c1ccc(-c2cc(-c3ccccc3-c3nc4ccccc4c4c3c(N(c3ccccc3)c3ccccc3)cc3ccccc34)nc(-c3ccccc3)n2)cc1. The van der Waals surface area contributed by atoms with E-state index in [2.05, 4.69) is 187 Å². The number of para-hydroxylation sites is 3. The van der Waals surface area contributed by atoms with Crippen molar-refractivity contribution in [2.75, 3.05) is 4.90 Å². The summed E-state index contributed by atoms with van der Waals surface area (Å²) in [6.45, 7) is 0. The fourth-order valence-electron chi connectivity index (χ4n) is 7.74. The first-order valence-corrected chi connectivity index (χ1v) is 18.5. The molecule has 0 bridgehead atoms. The predicted octanol–water partition coefficient (Wildman–Crippen LogP) is 13.5. The first-order chi connectivity index (χ1) is 27.3. The van der Waals surface area contributed by atoms with Crippen molar-refractivity contribution in [3.63, 3.8) is 0 Å². The van der Waals surface area contributed by atoms with Gasteiger partial charge in [-0.25, -0.2) is 15.0 Å². The van der Waals surface area contributed by atoms with E-state index in [1.807, 2.05) is 24.3 Å². The van der Waals surface area contributed by atoms with Gasteiger partial charge >= 0.3 is 0 Å². The zero-order valence-electron chi connectivity index (χ0n) is 29.9. The van der Waals surface area contributed by atoms with Crippen LogP contribution in [0.25, 0.3) is 77.6 Å². The Hall–Kier alpha value is -7.43. The van der Waals surface area contributed by atoms with E-state index >= 15 is 0 Å². The Balaban J connectivity index is 1.33. The summed E-state index contributed by atoms with van der Waals surface area (Å²) >= 11 is 0. The smallest absolute Gasteiger partial charge is 0.160 e. The Bertz CT molecular complexity index is 2850. The van der Waals surface area contributed by atoms with E-state index in [1.165, 1.54) is 5.39 Å². The summed E-state index contributed by atoms with van der Waals surface area (Å²) in [5, 5.41) is 5.68. The molecule has 0 atom stereocenters. The first kappa shape index (κ1) is 32.2. The molecule has 10 aromatic rings. The van der Waals surface area contributed by atoms with Crippen molar-refractivity contribution >= 4 is 49.5 Å². The van der Waals surface area contributed by atoms with Gasteiger partial charge in [-0.1, -0.05) is 164 Å². The molecule has 10 rings (SSSR count). The number of hydrogen-bond acceptors (Lipinski definition) is 4. The van der Waals surface area contributed by atoms with Crippen LogP contribution in [-0.2, 0) is 0 Å². The molecule has 0 aliphatic heterocycles. The Morgan fingerprint density at radius 1 is 0.364 bits per heavy atom. The van der Waals surface area contributed by atoms with Gasteiger partial charge in [0.25, 0.3) is 0 Å². The molecule has 0 unspecified atom stereocenters. The average molecular weight is 703 g/mol. The Labute approximate surface area is 319 Å². The van der Waals surface area contributed by atoms with Crippen molar-refractivity contribution in [1.82, 2.24) is 15.0 Å². The molecule has 0 amide bonds.